The molecule has 7 rings (SSSR count). The van der Waals surface area contributed by atoms with E-state index in [0.29, 0.717) is 114 Å². The van der Waals surface area contributed by atoms with Gasteiger partial charge in [0.05, 0.1) is 70.7 Å². The Balaban J connectivity index is 0.670. The number of benzene rings is 3. The van der Waals surface area contributed by atoms with Gasteiger partial charge in [0.15, 0.2) is 0 Å². The van der Waals surface area contributed by atoms with Gasteiger partial charge in [-0.25, -0.2) is 9.97 Å². The number of anilines is 1. The second kappa shape index (κ2) is 26.6. The van der Waals surface area contributed by atoms with E-state index >= 15 is 0 Å². The molecule has 0 bridgehead atoms. The van der Waals surface area contributed by atoms with Crippen molar-refractivity contribution < 1.29 is 47.4 Å². The number of fused-ring (bicyclic) bond motifs is 1. The van der Waals surface area contributed by atoms with Gasteiger partial charge in [0.1, 0.15) is 24.8 Å². The number of rotatable bonds is 28. The molecule has 378 valence electrons. The number of methoxy groups -OCH3 is 1. The SMILES string of the molecule is COc1cc(N2CCN(CCCOCCOCCOCCOCCOCCCc3cccc4c3CN(C3CCC(=O)NC3=O)C4=O)CC2)ccc1Cc1ncc(Cl)c(Cc2ccccc2P(C)(C)=O)n1. The van der Waals surface area contributed by atoms with Crippen LogP contribution in [0.2, 0.25) is 5.02 Å². The van der Waals surface area contributed by atoms with Crippen molar-refractivity contribution in [2.45, 2.75) is 57.5 Å². The lowest BCUT2D eigenvalue weighted by molar-refractivity contribution is -0.136. The minimum Gasteiger partial charge on any atom is -0.496 e. The number of halogens is 1. The van der Waals surface area contributed by atoms with E-state index in [1.54, 1.807) is 37.6 Å². The summed E-state index contributed by atoms with van der Waals surface area (Å²) in [5.41, 5.74) is 6.46. The number of carbonyl (C=O) groups is 3. The molecule has 0 saturated carbocycles. The zero-order chi connectivity index (χ0) is 49.3. The van der Waals surface area contributed by atoms with Gasteiger partial charge in [-0.2, -0.15) is 0 Å². The quantitative estimate of drug-likeness (QED) is 0.0426. The molecule has 3 aliphatic rings. The fraction of sp³-hybridized carbons (Fsp3) is 0.519. The van der Waals surface area contributed by atoms with E-state index in [2.05, 4.69) is 38.3 Å². The molecule has 16 nitrogen and oxygen atoms in total. The Morgan fingerprint density at radius 1 is 0.757 bits per heavy atom. The van der Waals surface area contributed by atoms with Gasteiger partial charge in [-0.15, -0.1) is 0 Å². The molecule has 1 N–H and O–H groups in total. The van der Waals surface area contributed by atoms with Crippen molar-refractivity contribution in [3.8, 4) is 5.75 Å². The van der Waals surface area contributed by atoms with Crippen LogP contribution in [0.15, 0.2) is 66.9 Å². The molecule has 4 heterocycles. The zero-order valence-electron chi connectivity index (χ0n) is 40.8. The maximum absolute atomic E-state index is 13.1. The van der Waals surface area contributed by atoms with Gasteiger partial charge < -0.3 is 42.8 Å². The van der Waals surface area contributed by atoms with Gasteiger partial charge in [-0.3, -0.25) is 24.6 Å². The lowest BCUT2D eigenvalue weighted by Gasteiger charge is -2.36. The van der Waals surface area contributed by atoms with Crippen LogP contribution in [0, 0.1) is 0 Å². The Morgan fingerprint density at radius 3 is 2.09 bits per heavy atom. The number of aryl methyl sites for hydroxylation is 1. The molecule has 3 aromatic carbocycles. The molecular formula is C52H68ClN6O10P. The summed E-state index contributed by atoms with van der Waals surface area (Å²) in [6.07, 6.45) is 5.73. The van der Waals surface area contributed by atoms with Crippen molar-refractivity contribution in [3.63, 3.8) is 0 Å². The van der Waals surface area contributed by atoms with E-state index in [1.165, 1.54) is 0 Å². The third-order valence-corrected chi connectivity index (χ3v) is 14.7. The molecule has 18 heteroatoms. The number of piperazine rings is 1. The highest BCUT2D eigenvalue weighted by atomic mass is 35.5. The molecule has 0 radical (unpaired) electrons. The molecule has 3 amide bonds. The first-order chi connectivity index (χ1) is 34.0. The molecule has 4 aromatic rings. The summed E-state index contributed by atoms with van der Waals surface area (Å²) in [6, 6.07) is 19.2. The number of piperidine rings is 1. The minimum atomic E-state index is -2.47. The highest BCUT2D eigenvalue weighted by Crippen LogP contribution is 2.37. The first-order valence-electron chi connectivity index (χ1n) is 24.4. The van der Waals surface area contributed by atoms with Crippen molar-refractivity contribution in [1.29, 1.82) is 0 Å². The van der Waals surface area contributed by atoms with E-state index in [1.807, 2.05) is 36.4 Å². The number of nitrogens with one attached hydrogen (secondary N) is 1. The van der Waals surface area contributed by atoms with Crippen LogP contribution in [0.1, 0.15) is 69.8 Å². The first kappa shape index (κ1) is 53.0. The fourth-order valence-corrected chi connectivity index (χ4v) is 10.6. The summed E-state index contributed by atoms with van der Waals surface area (Å²) >= 11 is 6.56. The Kier molecular flexibility index (Phi) is 20.2. The van der Waals surface area contributed by atoms with Gasteiger partial charge in [0.25, 0.3) is 5.91 Å². The van der Waals surface area contributed by atoms with Crippen LogP contribution in [0.4, 0.5) is 5.69 Å². The molecule has 70 heavy (non-hydrogen) atoms. The highest BCUT2D eigenvalue weighted by molar-refractivity contribution is 7.70. The number of hydrogen-bond donors (Lipinski definition) is 1. The van der Waals surface area contributed by atoms with Crippen molar-refractivity contribution in [2.24, 2.45) is 0 Å². The van der Waals surface area contributed by atoms with Crippen LogP contribution >= 0.6 is 18.7 Å². The molecule has 0 aliphatic carbocycles. The monoisotopic (exact) mass is 1000 g/mol. The molecule has 2 saturated heterocycles. The van der Waals surface area contributed by atoms with E-state index < -0.39 is 19.1 Å². The van der Waals surface area contributed by atoms with E-state index in [4.69, 9.17) is 45.0 Å². The average molecular weight is 1000 g/mol. The van der Waals surface area contributed by atoms with Gasteiger partial charge in [0, 0.05) is 106 Å². The van der Waals surface area contributed by atoms with Crippen molar-refractivity contribution in [2.75, 3.05) is 124 Å². The fourth-order valence-electron chi connectivity index (χ4n) is 9.12. The molecular weight excluding hydrogens is 935 g/mol. The smallest absolute Gasteiger partial charge is 0.255 e. The first-order valence-corrected chi connectivity index (χ1v) is 27.4. The number of hydrogen-bond acceptors (Lipinski definition) is 14. The normalized spacial score (nSPS) is 16.5. The standard InChI is InChI=1S/C52H68ClN6O10P/c1-64-47-35-41(15-14-39(47)34-49-54-36-44(53)45(55-49)33-40-9-4-5-13-48(40)70(2,3)63)58-21-19-57(20-22-58)18-8-24-66-26-28-68-30-32-69-31-29-67-27-25-65-23-7-11-38-10-6-12-42-43(38)37-59(52(42)62)46-16-17-50(60)56-51(46)61/h4-6,9-10,12-15,35-36,46H,7-8,11,16-34,37H2,1-3H3,(H,56,60,61). The van der Waals surface area contributed by atoms with Crippen molar-refractivity contribution in [1.82, 2.24) is 25.1 Å². The van der Waals surface area contributed by atoms with Crippen molar-refractivity contribution in [3.05, 3.63) is 111 Å². The molecule has 1 atom stereocenters. The summed E-state index contributed by atoms with van der Waals surface area (Å²) in [4.78, 5) is 52.9. The maximum atomic E-state index is 13.1. The van der Waals surface area contributed by atoms with Gasteiger partial charge in [0.2, 0.25) is 11.8 Å². The second-order valence-corrected chi connectivity index (χ2v) is 21.7. The minimum absolute atomic E-state index is 0.156. The average Bonchev–Trinajstić information content (AvgIpc) is 3.69. The Bertz CT molecular complexity index is 2430. The van der Waals surface area contributed by atoms with E-state index in [9.17, 15) is 18.9 Å². The lowest BCUT2D eigenvalue weighted by atomic mass is 10.00. The summed E-state index contributed by atoms with van der Waals surface area (Å²) in [6.45, 7) is 14.0. The van der Waals surface area contributed by atoms with Gasteiger partial charge in [-0.1, -0.05) is 54.1 Å². The third kappa shape index (κ3) is 15.1. The van der Waals surface area contributed by atoms with Crippen LogP contribution in [0.3, 0.4) is 0 Å². The second-order valence-electron chi connectivity index (χ2n) is 18.1. The summed E-state index contributed by atoms with van der Waals surface area (Å²) in [5.74, 6) is 0.599. The summed E-state index contributed by atoms with van der Waals surface area (Å²) in [5, 5.41) is 3.69. The summed E-state index contributed by atoms with van der Waals surface area (Å²) < 4.78 is 47.3. The summed E-state index contributed by atoms with van der Waals surface area (Å²) in [7, 11) is -0.776. The van der Waals surface area contributed by atoms with Crippen LogP contribution in [-0.4, -0.2) is 163 Å². The number of aromatic nitrogens is 2. The van der Waals surface area contributed by atoms with E-state index in [0.717, 1.165) is 91.0 Å². The van der Waals surface area contributed by atoms with Crippen LogP contribution < -0.4 is 20.3 Å². The number of nitrogens with zero attached hydrogens (tertiary/aromatic N) is 5. The largest absolute Gasteiger partial charge is 0.496 e. The zero-order valence-corrected chi connectivity index (χ0v) is 42.5. The molecule has 3 aliphatic heterocycles. The van der Waals surface area contributed by atoms with E-state index in [-0.39, 0.29) is 18.2 Å². The molecule has 1 unspecified atom stereocenters. The topological polar surface area (TPSA) is 171 Å². The van der Waals surface area contributed by atoms with Gasteiger partial charge in [-0.05, 0) is 67.8 Å². The highest BCUT2D eigenvalue weighted by Gasteiger charge is 2.39. The van der Waals surface area contributed by atoms with Crippen LogP contribution in [0.5, 0.6) is 5.75 Å². The van der Waals surface area contributed by atoms with Crippen LogP contribution in [-0.2, 0) is 63.6 Å². The lowest BCUT2D eigenvalue weighted by Crippen LogP contribution is -2.52. The number of carbonyl (C=O) groups excluding carboxylic acids is 3. The Morgan fingerprint density at radius 2 is 1.41 bits per heavy atom. The van der Waals surface area contributed by atoms with Crippen LogP contribution in [0.25, 0.3) is 0 Å². The predicted molar refractivity (Wildman–Crippen MR) is 269 cm³/mol. The van der Waals surface area contributed by atoms with Crippen molar-refractivity contribution >= 4 is 47.5 Å². The molecule has 0 spiro atoms. The number of amides is 3. The van der Waals surface area contributed by atoms with Gasteiger partial charge >= 0.3 is 0 Å². The number of ether oxygens (including phenoxy) is 6. The predicted octanol–water partition coefficient (Wildman–Crippen LogP) is 5.56. The third-order valence-electron chi connectivity index (χ3n) is 12.8. The molecule has 2 fully saturated rings. The number of imide groups is 1. The Labute approximate surface area is 417 Å². The maximum Gasteiger partial charge on any atom is 0.255 e. The Hall–Kier alpha value is -4.77. The molecule has 1 aromatic heterocycles.